The summed E-state index contributed by atoms with van der Waals surface area (Å²) in [6, 6.07) is 1.84. The van der Waals surface area contributed by atoms with Crippen LogP contribution >= 0.6 is 11.6 Å². The number of amides is 1. The summed E-state index contributed by atoms with van der Waals surface area (Å²) in [6.07, 6.45) is 1.68. The lowest BCUT2D eigenvalue weighted by molar-refractivity contribution is 0.0943. The summed E-state index contributed by atoms with van der Waals surface area (Å²) in [5.74, 6) is -0.0989. The molecule has 1 atom stereocenters. The molecule has 1 aromatic rings. The summed E-state index contributed by atoms with van der Waals surface area (Å²) >= 11 is 5.97. The molecule has 0 aliphatic rings. The van der Waals surface area contributed by atoms with Gasteiger partial charge in [-0.05, 0) is 25.8 Å². The van der Waals surface area contributed by atoms with Gasteiger partial charge in [-0.15, -0.1) is 11.6 Å². The van der Waals surface area contributed by atoms with Crippen LogP contribution in [0.15, 0.2) is 6.07 Å². The van der Waals surface area contributed by atoms with Gasteiger partial charge in [-0.2, -0.15) is 5.10 Å². The predicted molar refractivity (Wildman–Crippen MR) is 69.5 cm³/mol. The van der Waals surface area contributed by atoms with Gasteiger partial charge in [0.25, 0.3) is 5.91 Å². The molecule has 0 saturated carbocycles. The van der Waals surface area contributed by atoms with Crippen LogP contribution in [0, 0.1) is 0 Å². The minimum atomic E-state index is -0.0989. The van der Waals surface area contributed by atoms with Crippen molar-refractivity contribution in [2.75, 3.05) is 6.54 Å². The molecule has 1 aromatic heterocycles. The van der Waals surface area contributed by atoms with Gasteiger partial charge in [0.05, 0.1) is 11.1 Å². The van der Waals surface area contributed by atoms with E-state index in [1.54, 1.807) is 4.68 Å². The second-order valence-corrected chi connectivity index (χ2v) is 4.52. The number of nitrogens with one attached hydrogen (secondary N) is 1. The SMILES string of the molecule is CCc1cc(C(=O)NCC(Cl)CC)n(CC)n1. The van der Waals surface area contributed by atoms with Gasteiger partial charge >= 0.3 is 0 Å². The van der Waals surface area contributed by atoms with Crippen molar-refractivity contribution in [2.45, 2.75) is 45.5 Å². The number of carbonyl (C=O) groups is 1. The molecule has 1 heterocycles. The van der Waals surface area contributed by atoms with Crippen molar-refractivity contribution >= 4 is 17.5 Å². The average Bonchev–Trinajstić information content (AvgIpc) is 2.78. The highest BCUT2D eigenvalue weighted by atomic mass is 35.5. The Morgan fingerprint density at radius 1 is 1.53 bits per heavy atom. The maximum absolute atomic E-state index is 11.9. The molecule has 0 saturated heterocycles. The summed E-state index contributed by atoms with van der Waals surface area (Å²) in [4.78, 5) is 11.9. The Bertz CT molecular complexity index is 376. The van der Waals surface area contributed by atoms with Gasteiger partial charge in [0.1, 0.15) is 5.69 Å². The number of hydrogen-bond acceptors (Lipinski definition) is 2. The molecular formula is C12H20ClN3O. The molecule has 0 fully saturated rings. The third kappa shape index (κ3) is 3.73. The summed E-state index contributed by atoms with van der Waals surface area (Å²) in [7, 11) is 0. The zero-order chi connectivity index (χ0) is 12.8. The quantitative estimate of drug-likeness (QED) is 0.795. The lowest BCUT2D eigenvalue weighted by Crippen LogP contribution is -2.31. The molecule has 4 nitrogen and oxygen atoms in total. The highest BCUT2D eigenvalue weighted by molar-refractivity contribution is 6.20. The number of aryl methyl sites for hydroxylation is 2. The highest BCUT2D eigenvalue weighted by Crippen LogP contribution is 2.06. The first kappa shape index (κ1) is 14.0. The normalized spacial score (nSPS) is 12.5. The first-order chi connectivity index (χ1) is 8.12. The minimum absolute atomic E-state index is 0.0115. The van der Waals surface area contributed by atoms with E-state index in [9.17, 15) is 4.79 Å². The first-order valence-electron chi connectivity index (χ1n) is 6.11. The van der Waals surface area contributed by atoms with Gasteiger partial charge < -0.3 is 5.32 Å². The Hall–Kier alpha value is -1.03. The van der Waals surface area contributed by atoms with E-state index in [2.05, 4.69) is 10.4 Å². The number of hydrogen-bond donors (Lipinski definition) is 1. The first-order valence-corrected chi connectivity index (χ1v) is 6.54. The van der Waals surface area contributed by atoms with Gasteiger partial charge in [-0.1, -0.05) is 13.8 Å². The summed E-state index contributed by atoms with van der Waals surface area (Å²) in [5.41, 5.74) is 1.55. The van der Waals surface area contributed by atoms with E-state index in [0.717, 1.165) is 18.5 Å². The molecule has 0 spiro atoms. The van der Waals surface area contributed by atoms with E-state index >= 15 is 0 Å². The number of nitrogens with zero attached hydrogens (tertiary/aromatic N) is 2. The van der Waals surface area contributed by atoms with Crippen LogP contribution in [0.2, 0.25) is 0 Å². The molecule has 0 bridgehead atoms. The predicted octanol–water partition coefficient (Wildman–Crippen LogP) is 2.21. The average molecular weight is 258 g/mol. The van der Waals surface area contributed by atoms with Crippen molar-refractivity contribution in [1.82, 2.24) is 15.1 Å². The Labute approximate surface area is 107 Å². The Kier molecular flexibility index (Phi) is 5.48. The van der Waals surface area contributed by atoms with Crippen LogP contribution < -0.4 is 5.32 Å². The second-order valence-electron chi connectivity index (χ2n) is 3.91. The maximum Gasteiger partial charge on any atom is 0.269 e. The molecule has 1 N–H and O–H groups in total. The van der Waals surface area contributed by atoms with Gasteiger partial charge in [0.15, 0.2) is 0 Å². The van der Waals surface area contributed by atoms with Crippen molar-refractivity contribution in [2.24, 2.45) is 0 Å². The molecule has 96 valence electrons. The van der Waals surface area contributed by atoms with Crippen molar-refractivity contribution in [3.8, 4) is 0 Å². The van der Waals surface area contributed by atoms with Crippen LogP contribution in [0.25, 0.3) is 0 Å². The zero-order valence-corrected chi connectivity index (χ0v) is 11.4. The fraction of sp³-hybridized carbons (Fsp3) is 0.667. The maximum atomic E-state index is 11.9. The summed E-state index contributed by atoms with van der Waals surface area (Å²) < 4.78 is 1.73. The van der Waals surface area contributed by atoms with Crippen LogP contribution in [0.4, 0.5) is 0 Å². The van der Waals surface area contributed by atoms with Crippen LogP contribution in [0.5, 0.6) is 0 Å². The lowest BCUT2D eigenvalue weighted by atomic mass is 10.3. The van der Waals surface area contributed by atoms with Crippen LogP contribution in [0.1, 0.15) is 43.4 Å². The van der Waals surface area contributed by atoms with Gasteiger partial charge in [-0.3, -0.25) is 9.48 Å². The molecule has 5 heteroatoms. The fourth-order valence-electron chi connectivity index (χ4n) is 1.51. The third-order valence-corrected chi connectivity index (χ3v) is 3.11. The summed E-state index contributed by atoms with van der Waals surface area (Å²) in [6.45, 7) is 7.18. The van der Waals surface area contributed by atoms with Crippen molar-refractivity contribution in [1.29, 1.82) is 0 Å². The minimum Gasteiger partial charge on any atom is -0.349 e. The van der Waals surface area contributed by atoms with Crippen molar-refractivity contribution < 1.29 is 4.79 Å². The Balaban J connectivity index is 2.70. The van der Waals surface area contributed by atoms with E-state index in [4.69, 9.17) is 11.6 Å². The number of carbonyl (C=O) groups excluding carboxylic acids is 1. The number of rotatable bonds is 6. The molecular weight excluding hydrogens is 238 g/mol. The third-order valence-electron chi connectivity index (χ3n) is 2.65. The smallest absolute Gasteiger partial charge is 0.269 e. The van der Waals surface area contributed by atoms with E-state index in [1.165, 1.54) is 0 Å². The molecule has 0 aromatic carbocycles. The molecule has 1 rings (SSSR count). The van der Waals surface area contributed by atoms with E-state index in [1.807, 2.05) is 26.8 Å². The van der Waals surface area contributed by atoms with E-state index in [0.29, 0.717) is 18.8 Å². The lowest BCUT2D eigenvalue weighted by Gasteiger charge is -2.09. The molecule has 17 heavy (non-hydrogen) atoms. The van der Waals surface area contributed by atoms with Crippen LogP contribution in [-0.2, 0) is 13.0 Å². The number of aromatic nitrogens is 2. The fourth-order valence-corrected chi connectivity index (χ4v) is 1.58. The zero-order valence-electron chi connectivity index (χ0n) is 10.7. The topological polar surface area (TPSA) is 46.9 Å². The molecule has 0 radical (unpaired) electrons. The van der Waals surface area contributed by atoms with Crippen molar-refractivity contribution in [3.63, 3.8) is 0 Å². The highest BCUT2D eigenvalue weighted by Gasteiger charge is 2.14. The monoisotopic (exact) mass is 257 g/mol. The molecule has 0 aliphatic heterocycles. The molecule has 0 aliphatic carbocycles. The van der Waals surface area contributed by atoms with E-state index in [-0.39, 0.29) is 11.3 Å². The summed E-state index contributed by atoms with van der Waals surface area (Å²) in [5, 5.41) is 7.16. The van der Waals surface area contributed by atoms with E-state index < -0.39 is 0 Å². The number of halogens is 1. The van der Waals surface area contributed by atoms with Gasteiger partial charge in [-0.25, -0.2) is 0 Å². The largest absolute Gasteiger partial charge is 0.349 e. The van der Waals surface area contributed by atoms with Gasteiger partial charge in [0.2, 0.25) is 0 Å². The van der Waals surface area contributed by atoms with Gasteiger partial charge in [0, 0.05) is 13.1 Å². The van der Waals surface area contributed by atoms with Crippen molar-refractivity contribution in [3.05, 3.63) is 17.5 Å². The Morgan fingerprint density at radius 3 is 2.76 bits per heavy atom. The Morgan fingerprint density at radius 2 is 2.24 bits per heavy atom. The molecule has 1 unspecified atom stereocenters. The molecule has 1 amide bonds. The number of alkyl halides is 1. The van der Waals surface area contributed by atoms with Crippen LogP contribution in [-0.4, -0.2) is 27.6 Å². The second kappa shape index (κ2) is 6.64. The standard InChI is InChI=1S/C12H20ClN3O/c1-4-9(13)8-14-12(17)11-7-10(5-2)15-16(11)6-3/h7,9H,4-6,8H2,1-3H3,(H,14,17). The van der Waals surface area contributed by atoms with Crippen LogP contribution in [0.3, 0.4) is 0 Å².